The van der Waals surface area contributed by atoms with Crippen LogP contribution < -0.4 is 0 Å². The Morgan fingerprint density at radius 1 is 0.708 bits per heavy atom. The van der Waals surface area contributed by atoms with Crippen LogP contribution in [-0.4, -0.2) is 18.6 Å². The van der Waals surface area contributed by atoms with Crippen molar-refractivity contribution in [2.75, 3.05) is 6.26 Å². The molecule has 0 spiro atoms. The van der Waals surface area contributed by atoms with Crippen LogP contribution in [0.4, 0.5) is 26.3 Å². The molecule has 8 heteroatoms. The maximum Gasteiger partial charge on any atom is 0.411 e. The molecule has 0 N–H and O–H groups in total. The minimum Gasteiger partial charge on any atom is -0.169 e. The first kappa shape index (κ1) is 19.1. The third-order valence-electron chi connectivity index (χ3n) is 3.67. The minimum absolute atomic E-state index is 0.273. The molecule has 0 nitrogen and oxygen atoms in total. The number of alkyl halides is 6. The predicted molar refractivity (Wildman–Crippen MR) is 84.8 cm³/mol. The van der Waals surface area contributed by atoms with Gasteiger partial charge in [-0.25, -0.2) is 0 Å². The fourth-order valence-corrected chi connectivity index (χ4v) is 3.09. The molecule has 0 aliphatic heterocycles. The first-order chi connectivity index (χ1) is 11.0. The van der Waals surface area contributed by atoms with Crippen molar-refractivity contribution < 1.29 is 26.3 Å². The average molecular weight is 382 g/mol. The Bertz CT molecular complexity index is 672. The molecule has 0 unspecified atom stereocenters. The van der Waals surface area contributed by atoms with Gasteiger partial charge in [-0.05, 0) is 41.6 Å². The summed E-state index contributed by atoms with van der Waals surface area (Å²) in [5, 5.41) is 0. The van der Waals surface area contributed by atoms with Crippen molar-refractivity contribution in [2.24, 2.45) is 0 Å². The highest BCUT2D eigenvalue weighted by Crippen LogP contribution is 2.56. The van der Waals surface area contributed by atoms with E-state index in [1.807, 2.05) is 0 Å². The van der Waals surface area contributed by atoms with Gasteiger partial charge in [-0.1, -0.05) is 24.3 Å². The van der Waals surface area contributed by atoms with E-state index in [-0.39, 0.29) is 4.90 Å². The predicted octanol–water partition coefficient (Wildman–Crippen LogP) is 6.11. The van der Waals surface area contributed by atoms with E-state index in [1.54, 1.807) is 6.26 Å². The maximum atomic E-state index is 13.8. The van der Waals surface area contributed by atoms with Crippen molar-refractivity contribution >= 4 is 24.4 Å². The lowest BCUT2D eigenvalue weighted by Crippen LogP contribution is -2.54. The van der Waals surface area contributed by atoms with Crippen LogP contribution >= 0.6 is 24.4 Å². The molecule has 0 saturated carbocycles. The van der Waals surface area contributed by atoms with Crippen LogP contribution in [0.1, 0.15) is 11.1 Å². The normalized spacial score (nSPS) is 13.2. The first-order valence-electron chi connectivity index (χ1n) is 6.61. The number of hydrogen-bond donors (Lipinski definition) is 1. The molecule has 0 aliphatic carbocycles. The van der Waals surface area contributed by atoms with E-state index in [0.29, 0.717) is 4.90 Å². The van der Waals surface area contributed by atoms with E-state index in [2.05, 4.69) is 12.6 Å². The Morgan fingerprint density at radius 3 is 1.42 bits per heavy atom. The summed E-state index contributed by atoms with van der Waals surface area (Å²) in [6.45, 7) is 0. The molecule has 0 aliphatic rings. The number of benzene rings is 2. The largest absolute Gasteiger partial charge is 0.411 e. The standard InChI is InChI=1S/C16H12F6S2/c1-24-13-8-4-11(5-9-13)14(15(17,18)19,16(20,21)22)10-2-6-12(23)7-3-10/h2-9,23H,1H3. The van der Waals surface area contributed by atoms with E-state index in [1.165, 1.54) is 23.9 Å². The Balaban J connectivity index is 2.83. The molecule has 130 valence electrons. The fourth-order valence-electron chi connectivity index (χ4n) is 2.53. The van der Waals surface area contributed by atoms with Crippen LogP contribution in [0.3, 0.4) is 0 Å². The number of rotatable bonds is 3. The Kier molecular flexibility index (Phi) is 5.20. The highest BCUT2D eigenvalue weighted by atomic mass is 32.2. The molecule has 0 saturated heterocycles. The molecule has 0 atom stereocenters. The van der Waals surface area contributed by atoms with Crippen molar-refractivity contribution in [2.45, 2.75) is 27.6 Å². The zero-order valence-electron chi connectivity index (χ0n) is 12.2. The molecule has 2 aromatic carbocycles. The molecule has 0 bridgehead atoms. The third kappa shape index (κ3) is 3.13. The Morgan fingerprint density at radius 2 is 1.08 bits per heavy atom. The number of thiol groups is 1. The second-order valence-electron chi connectivity index (χ2n) is 5.02. The summed E-state index contributed by atoms with van der Waals surface area (Å²) in [6, 6.07) is 8.10. The molecule has 0 amide bonds. The summed E-state index contributed by atoms with van der Waals surface area (Å²) in [6.07, 6.45) is -9.45. The van der Waals surface area contributed by atoms with Crippen molar-refractivity contribution in [3.05, 3.63) is 59.7 Å². The maximum absolute atomic E-state index is 13.8. The topological polar surface area (TPSA) is 0 Å². The lowest BCUT2D eigenvalue weighted by molar-refractivity contribution is -0.288. The van der Waals surface area contributed by atoms with Gasteiger partial charge in [0.05, 0.1) is 0 Å². The molecule has 0 heterocycles. The van der Waals surface area contributed by atoms with Crippen molar-refractivity contribution in [1.29, 1.82) is 0 Å². The van der Waals surface area contributed by atoms with Gasteiger partial charge in [0.2, 0.25) is 5.41 Å². The van der Waals surface area contributed by atoms with Gasteiger partial charge in [-0.2, -0.15) is 26.3 Å². The molecule has 0 radical (unpaired) electrons. The van der Waals surface area contributed by atoms with Crippen molar-refractivity contribution in [3.63, 3.8) is 0 Å². The number of thioether (sulfide) groups is 1. The van der Waals surface area contributed by atoms with E-state index in [0.717, 1.165) is 36.4 Å². The first-order valence-corrected chi connectivity index (χ1v) is 8.28. The van der Waals surface area contributed by atoms with Crippen molar-refractivity contribution in [3.8, 4) is 0 Å². The van der Waals surface area contributed by atoms with Crippen LogP contribution in [0.15, 0.2) is 58.3 Å². The van der Waals surface area contributed by atoms with Gasteiger partial charge in [-0.15, -0.1) is 24.4 Å². The summed E-state index contributed by atoms with van der Waals surface area (Å²) in [7, 11) is 0. The van der Waals surface area contributed by atoms with Crippen LogP contribution in [0, 0.1) is 0 Å². The summed E-state index contributed by atoms with van der Waals surface area (Å²) >= 11 is 5.15. The van der Waals surface area contributed by atoms with Crippen LogP contribution in [-0.2, 0) is 5.41 Å². The summed E-state index contributed by atoms with van der Waals surface area (Å²) in [5.74, 6) is 0. The third-order valence-corrected chi connectivity index (χ3v) is 4.72. The monoisotopic (exact) mass is 382 g/mol. The summed E-state index contributed by atoms with van der Waals surface area (Å²) < 4.78 is 82.7. The second kappa shape index (κ2) is 6.55. The van der Waals surface area contributed by atoms with Crippen LogP contribution in [0.25, 0.3) is 0 Å². The fraction of sp³-hybridized carbons (Fsp3) is 0.250. The number of hydrogen-bond acceptors (Lipinski definition) is 2. The highest BCUT2D eigenvalue weighted by molar-refractivity contribution is 7.98. The van der Waals surface area contributed by atoms with Gasteiger partial charge in [0.15, 0.2) is 0 Å². The highest BCUT2D eigenvalue weighted by Gasteiger charge is 2.72. The van der Waals surface area contributed by atoms with E-state index in [4.69, 9.17) is 0 Å². The van der Waals surface area contributed by atoms with Gasteiger partial charge >= 0.3 is 12.4 Å². The van der Waals surface area contributed by atoms with E-state index in [9.17, 15) is 26.3 Å². The minimum atomic E-state index is -5.57. The average Bonchev–Trinajstić information content (AvgIpc) is 2.47. The molecular formula is C16H12F6S2. The van der Waals surface area contributed by atoms with Gasteiger partial charge < -0.3 is 0 Å². The lowest BCUT2D eigenvalue weighted by Gasteiger charge is -2.38. The SMILES string of the molecule is CSc1ccc(C(c2ccc(S)cc2)(C(F)(F)F)C(F)(F)F)cc1. The molecule has 24 heavy (non-hydrogen) atoms. The van der Waals surface area contributed by atoms with Crippen molar-refractivity contribution in [1.82, 2.24) is 0 Å². The Labute approximate surface area is 144 Å². The van der Waals surface area contributed by atoms with Crippen LogP contribution in [0.5, 0.6) is 0 Å². The molecule has 0 fully saturated rings. The molecule has 2 aromatic rings. The molecule has 0 aromatic heterocycles. The molecule has 2 rings (SSSR count). The Hall–Kier alpha value is -1.28. The summed E-state index contributed by atoms with van der Waals surface area (Å²) in [5.41, 5.74) is -5.86. The van der Waals surface area contributed by atoms with E-state index < -0.39 is 28.9 Å². The summed E-state index contributed by atoms with van der Waals surface area (Å²) in [4.78, 5) is 0.845. The van der Waals surface area contributed by atoms with Gasteiger partial charge in [0.25, 0.3) is 0 Å². The van der Waals surface area contributed by atoms with E-state index >= 15 is 0 Å². The number of halogens is 6. The quantitative estimate of drug-likeness (QED) is 0.380. The van der Waals surface area contributed by atoms with Crippen LogP contribution in [0.2, 0.25) is 0 Å². The zero-order chi connectivity index (χ0) is 18.2. The lowest BCUT2D eigenvalue weighted by atomic mass is 9.73. The van der Waals surface area contributed by atoms with Gasteiger partial charge in [0.1, 0.15) is 0 Å². The van der Waals surface area contributed by atoms with Gasteiger partial charge in [-0.3, -0.25) is 0 Å². The smallest absolute Gasteiger partial charge is 0.169 e. The molecular weight excluding hydrogens is 370 g/mol. The zero-order valence-corrected chi connectivity index (χ0v) is 14.0. The van der Waals surface area contributed by atoms with Gasteiger partial charge in [0, 0.05) is 9.79 Å². The second-order valence-corrected chi connectivity index (χ2v) is 6.42.